The molecule has 4 heteroatoms. The summed E-state index contributed by atoms with van der Waals surface area (Å²) in [6, 6.07) is 0. The SMILES string of the molecule is CC1=NC(N)=CSC1(C)N. The summed E-state index contributed by atoms with van der Waals surface area (Å²) in [6.45, 7) is 3.80. The zero-order valence-electron chi connectivity index (χ0n) is 6.09. The van der Waals surface area contributed by atoms with E-state index in [1.807, 2.05) is 13.8 Å². The molecule has 0 aromatic rings. The van der Waals surface area contributed by atoms with Crippen LogP contribution in [-0.2, 0) is 0 Å². The minimum Gasteiger partial charge on any atom is -0.383 e. The first-order valence-electron chi connectivity index (χ1n) is 3.00. The zero-order valence-corrected chi connectivity index (χ0v) is 6.90. The van der Waals surface area contributed by atoms with Crippen LogP contribution in [0.15, 0.2) is 16.2 Å². The lowest BCUT2D eigenvalue weighted by molar-refractivity contribution is 0.883. The number of thioether (sulfide) groups is 1. The number of hydrogen-bond donors (Lipinski definition) is 2. The van der Waals surface area contributed by atoms with Gasteiger partial charge in [0.1, 0.15) is 10.7 Å². The average molecular weight is 157 g/mol. The molecule has 1 atom stereocenters. The predicted octanol–water partition coefficient (Wildman–Crippen LogP) is 0.627. The topological polar surface area (TPSA) is 64.4 Å². The van der Waals surface area contributed by atoms with Crippen molar-refractivity contribution in [1.29, 1.82) is 0 Å². The molecule has 1 aliphatic rings. The molecule has 1 unspecified atom stereocenters. The molecular weight excluding hydrogens is 146 g/mol. The standard InChI is InChI=1S/C6H11N3S/c1-4-6(2,8)10-3-5(7)9-4/h3H,7-8H2,1-2H3. The summed E-state index contributed by atoms with van der Waals surface area (Å²) in [5.41, 5.74) is 12.1. The van der Waals surface area contributed by atoms with E-state index < -0.39 is 0 Å². The second-order valence-electron chi connectivity index (χ2n) is 2.46. The fourth-order valence-corrected chi connectivity index (χ4v) is 1.23. The Morgan fingerprint density at radius 3 is 2.70 bits per heavy atom. The van der Waals surface area contributed by atoms with Crippen molar-refractivity contribution in [3.8, 4) is 0 Å². The molecule has 0 saturated carbocycles. The normalized spacial score (nSPS) is 33.1. The summed E-state index contributed by atoms with van der Waals surface area (Å²) in [4.78, 5) is 3.67. The summed E-state index contributed by atoms with van der Waals surface area (Å²) in [5.74, 6) is 0.547. The van der Waals surface area contributed by atoms with Gasteiger partial charge in [0.25, 0.3) is 0 Å². The highest BCUT2D eigenvalue weighted by atomic mass is 32.2. The highest BCUT2D eigenvalue weighted by molar-refractivity contribution is 8.04. The molecule has 0 aromatic heterocycles. The number of aliphatic imine (C=N–C) groups is 1. The summed E-state index contributed by atoms with van der Waals surface area (Å²) in [5, 5.41) is 1.77. The Labute approximate surface area is 64.6 Å². The summed E-state index contributed by atoms with van der Waals surface area (Å²) >= 11 is 1.50. The van der Waals surface area contributed by atoms with Crippen LogP contribution in [0.5, 0.6) is 0 Å². The van der Waals surface area contributed by atoms with E-state index in [9.17, 15) is 0 Å². The van der Waals surface area contributed by atoms with Crippen LogP contribution in [0.3, 0.4) is 0 Å². The molecule has 0 amide bonds. The molecular formula is C6H11N3S. The Morgan fingerprint density at radius 2 is 2.30 bits per heavy atom. The molecule has 0 bridgehead atoms. The van der Waals surface area contributed by atoms with E-state index in [4.69, 9.17) is 11.5 Å². The van der Waals surface area contributed by atoms with Crippen molar-refractivity contribution < 1.29 is 0 Å². The van der Waals surface area contributed by atoms with Crippen molar-refractivity contribution in [1.82, 2.24) is 0 Å². The maximum absolute atomic E-state index is 5.82. The van der Waals surface area contributed by atoms with Crippen LogP contribution in [0.25, 0.3) is 0 Å². The monoisotopic (exact) mass is 157 g/mol. The van der Waals surface area contributed by atoms with Gasteiger partial charge in [0, 0.05) is 11.1 Å². The molecule has 1 aliphatic heterocycles. The van der Waals surface area contributed by atoms with E-state index in [1.165, 1.54) is 11.8 Å². The van der Waals surface area contributed by atoms with Gasteiger partial charge in [0.2, 0.25) is 0 Å². The van der Waals surface area contributed by atoms with Crippen LogP contribution in [0.1, 0.15) is 13.8 Å². The van der Waals surface area contributed by atoms with Crippen molar-refractivity contribution in [2.75, 3.05) is 0 Å². The molecule has 56 valence electrons. The second kappa shape index (κ2) is 2.29. The molecule has 3 nitrogen and oxygen atoms in total. The van der Waals surface area contributed by atoms with Crippen LogP contribution >= 0.6 is 11.8 Å². The van der Waals surface area contributed by atoms with Crippen molar-refractivity contribution in [3.63, 3.8) is 0 Å². The Bertz CT molecular complexity index is 205. The van der Waals surface area contributed by atoms with Gasteiger partial charge in [-0.15, -0.1) is 11.8 Å². The minimum absolute atomic E-state index is 0.372. The van der Waals surface area contributed by atoms with Crippen molar-refractivity contribution >= 4 is 17.5 Å². The summed E-state index contributed by atoms with van der Waals surface area (Å²) in [7, 11) is 0. The lowest BCUT2D eigenvalue weighted by atomic mass is 10.2. The molecule has 10 heavy (non-hydrogen) atoms. The largest absolute Gasteiger partial charge is 0.383 e. The van der Waals surface area contributed by atoms with E-state index in [2.05, 4.69) is 4.99 Å². The van der Waals surface area contributed by atoms with Crippen LogP contribution in [-0.4, -0.2) is 10.6 Å². The highest BCUT2D eigenvalue weighted by Crippen LogP contribution is 2.26. The molecule has 0 spiro atoms. The van der Waals surface area contributed by atoms with Crippen LogP contribution < -0.4 is 11.5 Å². The van der Waals surface area contributed by atoms with Gasteiger partial charge in [-0.05, 0) is 13.8 Å². The van der Waals surface area contributed by atoms with Crippen LogP contribution in [0, 0.1) is 0 Å². The average Bonchev–Trinajstić information content (AvgIpc) is 1.81. The van der Waals surface area contributed by atoms with E-state index in [0.29, 0.717) is 5.82 Å². The van der Waals surface area contributed by atoms with Gasteiger partial charge in [0.15, 0.2) is 0 Å². The fourth-order valence-electron chi connectivity index (χ4n) is 0.599. The summed E-state index contributed by atoms with van der Waals surface area (Å²) in [6.07, 6.45) is 0. The highest BCUT2D eigenvalue weighted by Gasteiger charge is 2.24. The van der Waals surface area contributed by atoms with Gasteiger partial charge >= 0.3 is 0 Å². The molecule has 0 radical (unpaired) electrons. The first-order valence-corrected chi connectivity index (χ1v) is 3.88. The minimum atomic E-state index is -0.372. The Morgan fingerprint density at radius 1 is 1.70 bits per heavy atom. The van der Waals surface area contributed by atoms with E-state index in [-0.39, 0.29) is 4.87 Å². The van der Waals surface area contributed by atoms with Crippen LogP contribution in [0.2, 0.25) is 0 Å². The quantitative estimate of drug-likeness (QED) is 0.542. The number of hydrogen-bond acceptors (Lipinski definition) is 4. The fraction of sp³-hybridized carbons (Fsp3) is 0.500. The van der Waals surface area contributed by atoms with E-state index in [1.54, 1.807) is 5.41 Å². The van der Waals surface area contributed by atoms with Gasteiger partial charge < -0.3 is 11.5 Å². The maximum atomic E-state index is 5.82. The first-order chi connectivity index (χ1) is 4.52. The predicted molar refractivity (Wildman–Crippen MR) is 45.6 cm³/mol. The second-order valence-corrected chi connectivity index (χ2v) is 3.78. The van der Waals surface area contributed by atoms with Crippen LogP contribution in [0.4, 0.5) is 0 Å². The zero-order chi connectivity index (χ0) is 7.78. The van der Waals surface area contributed by atoms with Gasteiger partial charge in [-0.25, -0.2) is 4.99 Å². The van der Waals surface area contributed by atoms with Gasteiger partial charge in [0.05, 0.1) is 0 Å². The van der Waals surface area contributed by atoms with Gasteiger partial charge in [-0.3, -0.25) is 0 Å². The number of nitrogens with zero attached hydrogens (tertiary/aromatic N) is 1. The first kappa shape index (κ1) is 7.63. The van der Waals surface area contributed by atoms with Crippen molar-refractivity contribution in [2.45, 2.75) is 18.7 Å². The third kappa shape index (κ3) is 1.33. The van der Waals surface area contributed by atoms with Crippen molar-refractivity contribution in [2.24, 2.45) is 16.5 Å². The number of rotatable bonds is 0. The molecule has 0 aromatic carbocycles. The molecule has 4 N–H and O–H groups in total. The third-order valence-electron chi connectivity index (χ3n) is 1.44. The summed E-state index contributed by atoms with van der Waals surface area (Å²) < 4.78 is 0. The maximum Gasteiger partial charge on any atom is 0.129 e. The molecule has 1 rings (SSSR count). The molecule has 0 saturated heterocycles. The van der Waals surface area contributed by atoms with E-state index >= 15 is 0 Å². The third-order valence-corrected chi connectivity index (χ3v) is 2.58. The number of nitrogens with two attached hydrogens (primary N) is 2. The van der Waals surface area contributed by atoms with Gasteiger partial charge in [-0.2, -0.15) is 0 Å². The smallest absolute Gasteiger partial charge is 0.129 e. The van der Waals surface area contributed by atoms with E-state index in [0.717, 1.165) is 5.71 Å². The Balaban J connectivity index is 2.88. The Hall–Kier alpha value is -0.480. The van der Waals surface area contributed by atoms with Crippen molar-refractivity contribution in [3.05, 3.63) is 11.2 Å². The Kier molecular flexibility index (Phi) is 1.74. The van der Waals surface area contributed by atoms with Gasteiger partial charge in [-0.1, -0.05) is 0 Å². The molecule has 0 fully saturated rings. The lowest BCUT2D eigenvalue weighted by Gasteiger charge is -2.25. The lowest BCUT2D eigenvalue weighted by Crippen LogP contribution is -2.41. The molecule has 0 aliphatic carbocycles. The molecule has 1 heterocycles.